The second kappa shape index (κ2) is 2.80. The van der Waals surface area contributed by atoms with Crippen LogP contribution < -0.4 is 0 Å². The number of halogens is 1. The van der Waals surface area contributed by atoms with Gasteiger partial charge in [-0.25, -0.2) is 0 Å². The van der Waals surface area contributed by atoms with E-state index in [1.165, 1.54) is 0 Å². The standard InChI is InChI=1S/C7H13BrO2/c1-2-7(10)4-3-5(8)6(7)9/h5-6,9-10H,2-4H2,1H3. The minimum absolute atomic E-state index is 0.0810. The molecule has 0 saturated heterocycles. The van der Waals surface area contributed by atoms with Crippen LogP contribution in [0.25, 0.3) is 0 Å². The van der Waals surface area contributed by atoms with Crippen LogP contribution in [0, 0.1) is 0 Å². The molecule has 1 aliphatic carbocycles. The highest BCUT2D eigenvalue weighted by atomic mass is 79.9. The minimum Gasteiger partial charge on any atom is -0.389 e. The average Bonchev–Trinajstić information content (AvgIpc) is 2.19. The molecule has 2 N–H and O–H groups in total. The van der Waals surface area contributed by atoms with Gasteiger partial charge in [0.2, 0.25) is 0 Å². The van der Waals surface area contributed by atoms with Gasteiger partial charge < -0.3 is 10.2 Å². The molecular formula is C7H13BrO2. The van der Waals surface area contributed by atoms with Crippen LogP contribution >= 0.6 is 15.9 Å². The quantitative estimate of drug-likeness (QED) is 0.633. The molecule has 0 heterocycles. The molecule has 0 aromatic rings. The predicted molar refractivity (Wildman–Crippen MR) is 43.2 cm³/mol. The fourth-order valence-corrected chi connectivity index (χ4v) is 2.14. The molecule has 1 rings (SSSR count). The number of hydrogen-bond acceptors (Lipinski definition) is 2. The fraction of sp³-hybridized carbons (Fsp3) is 1.00. The molecule has 0 amide bonds. The van der Waals surface area contributed by atoms with Crippen LogP contribution in [0.1, 0.15) is 26.2 Å². The summed E-state index contributed by atoms with van der Waals surface area (Å²) < 4.78 is 0. The largest absolute Gasteiger partial charge is 0.389 e. The zero-order valence-corrected chi connectivity index (χ0v) is 7.63. The Morgan fingerprint density at radius 2 is 2.30 bits per heavy atom. The Morgan fingerprint density at radius 3 is 2.50 bits per heavy atom. The summed E-state index contributed by atoms with van der Waals surface area (Å²) in [4.78, 5) is 0.0810. The first-order valence-corrected chi connectivity index (χ1v) is 4.56. The molecule has 10 heavy (non-hydrogen) atoms. The van der Waals surface area contributed by atoms with Gasteiger partial charge in [0.25, 0.3) is 0 Å². The first-order valence-electron chi connectivity index (χ1n) is 3.64. The number of alkyl halides is 1. The van der Waals surface area contributed by atoms with Gasteiger partial charge in [-0.2, -0.15) is 0 Å². The highest BCUT2D eigenvalue weighted by molar-refractivity contribution is 9.09. The van der Waals surface area contributed by atoms with Crippen LogP contribution in [0.5, 0.6) is 0 Å². The SMILES string of the molecule is CCC1(O)CCC(Br)C1O. The third kappa shape index (κ3) is 1.22. The summed E-state index contributed by atoms with van der Waals surface area (Å²) in [5.41, 5.74) is -0.825. The third-order valence-corrected chi connectivity index (χ3v) is 3.32. The Hall–Kier alpha value is 0.400. The van der Waals surface area contributed by atoms with E-state index in [1.54, 1.807) is 0 Å². The van der Waals surface area contributed by atoms with Crippen LogP contribution in [-0.4, -0.2) is 26.7 Å². The van der Waals surface area contributed by atoms with Gasteiger partial charge in [0.1, 0.15) is 0 Å². The molecule has 1 saturated carbocycles. The van der Waals surface area contributed by atoms with Gasteiger partial charge in [0.15, 0.2) is 0 Å². The van der Waals surface area contributed by atoms with Crippen molar-refractivity contribution in [3.63, 3.8) is 0 Å². The van der Waals surface area contributed by atoms with Crippen LogP contribution in [-0.2, 0) is 0 Å². The molecule has 2 nitrogen and oxygen atoms in total. The van der Waals surface area contributed by atoms with E-state index in [0.29, 0.717) is 12.8 Å². The van der Waals surface area contributed by atoms with E-state index in [-0.39, 0.29) is 4.83 Å². The number of aliphatic hydroxyl groups is 2. The number of aliphatic hydroxyl groups excluding tert-OH is 1. The molecule has 0 spiro atoms. The minimum atomic E-state index is -0.825. The van der Waals surface area contributed by atoms with Gasteiger partial charge in [-0.1, -0.05) is 22.9 Å². The van der Waals surface area contributed by atoms with Crippen molar-refractivity contribution >= 4 is 15.9 Å². The van der Waals surface area contributed by atoms with Crippen LogP contribution in [0.4, 0.5) is 0 Å². The van der Waals surface area contributed by atoms with Crippen molar-refractivity contribution < 1.29 is 10.2 Å². The van der Waals surface area contributed by atoms with Crippen molar-refractivity contribution in [2.24, 2.45) is 0 Å². The normalized spacial score (nSPS) is 48.0. The van der Waals surface area contributed by atoms with Gasteiger partial charge in [0, 0.05) is 4.83 Å². The molecule has 0 radical (unpaired) electrons. The van der Waals surface area contributed by atoms with Crippen molar-refractivity contribution in [2.75, 3.05) is 0 Å². The van der Waals surface area contributed by atoms with Crippen molar-refractivity contribution in [3.05, 3.63) is 0 Å². The van der Waals surface area contributed by atoms with Crippen molar-refractivity contribution in [3.8, 4) is 0 Å². The summed E-state index contributed by atoms with van der Waals surface area (Å²) in [7, 11) is 0. The zero-order valence-electron chi connectivity index (χ0n) is 6.05. The first kappa shape index (κ1) is 8.50. The van der Waals surface area contributed by atoms with Gasteiger partial charge in [0.05, 0.1) is 11.7 Å². The summed E-state index contributed by atoms with van der Waals surface area (Å²) in [6, 6.07) is 0. The molecule has 60 valence electrons. The molecule has 0 aromatic carbocycles. The Kier molecular flexibility index (Phi) is 2.38. The molecule has 0 aliphatic heterocycles. The fourth-order valence-electron chi connectivity index (χ4n) is 1.42. The Bertz CT molecular complexity index is 129. The molecule has 0 bridgehead atoms. The third-order valence-electron chi connectivity index (χ3n) is 2.36. The highest BCUT2D eigenvalue weighted by Gasteiger charge is 2.43. The molecule has 3 unspecified atom stereocenters. The van der Waals surface area contributed by atoms with Crippen molar-refractivity contribution in [2.45, 2.75) is 42.7 Å². The Morgan fingerprint density at radius 1 is 1.70 bits per heavy atom. The van der Waals surface area contributed by atoms with Crippen LogP contribution in [0.3, 0.4) is 0 Å². The smallest absolute Gasteiger partial charge is 0.0951 e. The molecular weight excluding hydrogens is 196 g/mol. The summed E-state index contributed by atoms with van der Waals surface area (Å²) in [6.45, 7) is 1.90. The second-order valence-corrected chi connectivity index (χ2v) is 4.13. The van der Waals surface area contributed by atoms with Crippen LogP contribution in [0.2, 0.25) is 0 Å². The van der Waals surface area contributed by atoms with E-state index in [9.17, 15) is 10.2 Å². The van der Waals surface area contributed by atoms with E-state index in [2.05, 4.69) is 15.9 Å². The monoisotopic (exact) mass is 208 g/mol. The van der Waals surface area contributed by atoms with E-state index in [1.807, 2.05) is 6.92 Å². The first-order chi connectivity index (χ1) is 4.60. The molecule has 3 heteroatoms. The van der Waals surface area contributed by atoms with Crippen molar-refractivity contribution in [1.82, 2.24) is 0 Å². The highest BCUT2D eigenvalue weighted by Crippen LogP contribution is 2.36. The van der Waals surface area contributed by atoms with Crippen LogP contribution in [0.15, 0.2) is 0 Å². The summed E-state index contributed by atoms with van der Waals surface area (Å²) in [5, 5.41) is 19.1. The lowest BCUT2D eigenvalue weighted by molar-refractivity contribution is -0.0529. The molecule has 1 aliphatic rings. The van der Waals surface area contributed by atoms with Gasteiger partial charge in [-0.15, -0.1) is 0 Å². The van der Waals surface area contributed by atoms with E-state index in [0.717, 1.165) is 6.42 Å². The van der Waals surface area contributed by atoms with Crippen molar-refractivity contribution in [1.29, 1.82) is 0 Å². The summed E-state index contributed by atoms with van der Waals surface area (Å²) in [6.07, 6.45) is 1.63. The van der Waals surface area contributed by atoms with Gasteiger partial charge in [-0.3, -0.25) is 0 Å². The lowest BCUT2D eigenvalue weighted by Crippen LogP contribution is -2.39. The zero-order chi connectivity index (χ0) is 7.78. The molecule has 1 fully saturated rings. The maximum absolute atomic E-state index is 9.66. The second-order valence-electron chi connectivity index (χ2n) is 2.96. The predicted octanol–water partition coefficient (Wildman–Crippen LogP) is 1.05. The summed E-state index contributed by atoms with van der Waals surface area (Å²) in [5.74, 6) is 0. The Labute approximate surface area is 69.4 Å². The summed E-state index contributed by atoms with van der Waals surface area (Å²) >= 11 is 3.31. The van der Waals surface area contributed by atoms with E-state index < -0.39 is 11.7 Å². The van der Waals surface area contributed by atoms with E-state index >= 15 is 0 Å². The lowest BCUT2D eigenvalue weighted by atomic mass is 9.97. The molecule has 0 aromatic heterocycles. The maximum Gasteiger partial charge on any atom is 0.0951 e. The average molecular weight is 209 g/mol. The molecule has 3 atom stereocenters. The topological polar surface area (TPSA) is 40.5 Å². The number of rotatable bonds is 1. The lowest BCUT2D eigenvalue weighted by Gasteiger charge is -2.25. The van der Waals surface area contributed by atoms with E-state index in [4.69, 9.17) is 0 Å². The number of hydrogen-bond donors (Lipinski definition) is 2. The van der Waals surface area contributed by atoms with Gasteiger partial charge >= 0.3 is 0 Å². The maximum atomic E-state index is 9.66. The van der Waals surface area contributed by atoms with Gasteiger partial charge in [-0.05, 0) is 19.3 Å². The Balaban J connectivity index is 2.64.